The van der Waals surface area contributed by atoms with E-state index < -0.39 is 0 Å². The Labute approximate surface area is 289 Å². The molecule has 0 N–H and O–H groups in total. The van der Waals surface area contributed by atoms with Crippen LogP contribution in [0.25, 0.3) is 0 Å². The van der Waals surface area contributed by atoms with E-state index in [4.69, 9.17) is 73.2 Å². The number of halogens is 1. The first-order valence-corrected chi connectivity index (χ1v) is 18.0. The number of hydrogen-bond donors (Lipinski definition) is 0. The number of alkyl halides is 1. The largest absolute Gasteiger partial charge is 0.379 e. The van der Waals surface area contributed by atoms with Gasteiger partial charge >= 0.3 is 0 Å². The molecule has 0 aromatic heterocycles. The van der Waals surface area contributed by atoms with E-state index in [-0.39, 0.29) is 0 Å². The minimum atomic E-state index is 0.498. The highest BCUT2D eigenvalue weighted by Gasteiger charge is 1.97. The lowest BCUT2D eigenvalue weighted by Gasteiger charge is -2.09. The van der Waals surface area contributed by atoms with Gasteiger partial charge < -0.3 is 61.6 Å². The molecule has 0 rings (SSSR count). The van der Waals surface area contributed by atoms with Crippen molar-refractivity contribution >= 4 is 11.6 Å². The third-order valence-corrected chi connectivity index (χ3v) is 6.23. The van der Waals surface area contributed by atoms with E-state index in [0.29, 0.717) is 171 Å². The molecule has 0 aliphatic rings. The van der Waals surface area contributed by atoms with Gasteiger partial charge in [0.05, 0.1) is 165 Å². The smallest absolute Gasteiger partial charge is 0.0701 e. The van der Waals surface area contributed by atoms with Gasteiger partial charge in [0, 0.05) is 12.5 Å². The second kappa shape index (κ2) is 45.8. The van der Waals surface area contributed by atoms with E-state index in [9.17, 15) is 0 Å². The molecule has 0 atom stereocenters. The van der Waals surface area contributed by atoms with Gasteiger partial charge in [0.1, 0.15) is 0 Å². The van der Waals surface area contributed by atoms with Crippen molar-refractivity contribution in [3.8, 4) is 0 Å². The monoisotopic (exact) mass is 706 g/mol. The number of rotatable bonds is 44. The molecular formula is C33H67ClO13. The van der Waals surface area contributed by atoms with Crippen molar-refractivity contribution in [2.45, 2.75) is 39.0 Å². The van der Waals surface area contributed by atoms with E-state index in [0.717, 1.165) is 13.0 Å². The molecule has 0 fully saturated rings. The topological polar surface area (TPSA) is 120 Å². The van der Waals surface area contributed by atoms with Crippen molar-refractivity contribution in [3.05, 3.63) is 0 Å². The molecule has 0 aromatic rings. The normalized spacial score (nSPS) is 11.6. The molecule has 0 aromatic carbocycles. The standard InChI is InChI=1S/C33H67ClO13/c1-2-3-4-5-6-8-35-10-12-37-14-16-39-18-20-41-22-24-43-26-28-45-30-32-47-33-31-46-29-27-44-25-23-42-21-19-40-17-15-38-13-11-36-9-7-34/h2-33H2,1H3. The molecule has 0 radical (unpaired) electrons. The third-order valence-electron chi connectivity index (χ3n) is 6.08. The molecule has 0 aliphatic heterocycles. The predicted octanol–water partition coefficient (Wildman–Crippen LogP) is 3.41. The average Bonchev–Trinajstić information content (AvgIpc) is 3.08. The van der Waals surface area contributed by atoms with Crippen molar-refractivity contribution in [1.82, 2.24) is 0 Å². The Morgan fingerprint density at radius 1 is 0.234 bits per heavy atom. The van der Waals surface area contributed by atoms with E-state index in [1.54, 1.807) is 0 Å². The molecule has 0 heterocycles. The zero-order chi connectivity index (χ0) is 33.8. The van der Waals surface area contributed by atoms with Crippen molar-refractivity contribution in [1.29, 1.82) is 0 Å². The Morgan fingerprint density at radius 2 is 0.426 bits per heavy atom. The maximum Gasteiger partial charge on any atom is 0.0701 e. The molecule has 0 spiro atoms. The van der Waals surface area contributed by atoms with E-state index >= 15 is 0 Å². The fourth-order valence-corrected chi connectivity index (χ4v) is 3.71. The van der Waals surface area contributed by atoms with Crippen LogP contribution in [0.1, 0.15) is 39.0 Å². The number of unbranched alkanes of at least 4 members (excludes halogenated alkanes) is 4. The highest BCUT2D eigenvalue weighted by molar-refractivity contribution is 6.17. The second-order valence-electron chi connectivity index (χ2n) is 10.1. The summed E-state index contributed by atoms with van der Waals surface area (Å²) in [6.07, 6.45) is 6.27. The fourth-order valence-electron chi connectivity index (χ4n) is 3.60. The first-order chi connectivity index (χ1) is 23.4. The van der Waals surface area contributed by atoms with Gasteiger partial charge in [0.15, 0.2) is 0 Å². The zero-order valence-corrected chi connectivity index (χ0v) is 30.1. The van der Waals surface area contributed by atoms with Gasteiger partial charge in [-0.1, -0.05) is 32.6 Å². The summed E-state index contributed by atoms with van der Waals surface area (Å²) in [6.45, 7) is 16.4. The zero-order valence-electron chi connectivity index (χ0n) is 29.3. The third kappa shape index (κ3) is 45.8. The van der Waals surface area contributed by atoms with Gasteiger partial charge in [-0.2, -0.15) is 0 Å². The van der Waals surface area contributed by atoms with E-state index in [2.05, 4.69) is 6.92 Å². The Hall–Kier alpha value is -0.230. The summed E-state index contributed by atoms with van der Waals surface area (Å²) in [5.41, 5.74) is 0. The Balaban J connectivity index is 3.03. The van der Waals surface area contributed by atoms with Gasteiger partial charge in [0.2, 0.25) is 0 Å². The molecule has 284 valence electrons. The van der Waals surface area contributed by atoms with Crippen molar-refractivity contribution in [2.24, 2.45) is 0 Å². The highest BCUT2D eigenvalue weighted by atomic mass is 35.5. The van der Waals surface area contributed by atoms with Gasteiger partial charge in [-0.25, -0.2) is 0 Å². The van der Waals surface area contributed by atoms with Gasteiger partial charge in [0.25, 0.3) is 0 Å². The molecule has 0 saturated heterocycles. The van der Waals surface area contributed by atoms with Crippen LogP contribution in [-0.2, 0) is 61.6 Å². The summed E-state index contributed by atoms with van der Waals surface area (Å²) in [5.74, 6) is 0.498. The summed E-state index contributed by atoms with van der Waals surface area (Å²) >= 11 is 5.51. The van der Waals surface area contributed by atoms with Crippen molar-refractivity contribution < 1.29 is 61.6 Å². The molecule has 0 unspecified atom stereocenters. The molecular weight excluding hydrogens is 640 g/mol. The van der Waals surface area contributed by atoms with Crippen LogP contribution in [0, 0.1) is 0 Å². The number of hydrogen-bond acceptors (Lipinski definition) is 13. The Morgan fingerprint density at radius 3 is 0.638 bits per heavy atom. The van der Waals surface area contributed by atoms with E-state index in [1.807, 2.05) is 0 Å². The summed E-state index contributed by atoms with van der Waals surface area (Å²) in [4.78, 5) is 0. The van der Waals surface area contributed by atoms with Crippen LogP contribution >= 0.6 is 11.6 Å². The summed E-state index contributed by atoms with van der Waals surface area (Å²) in [5, 5.41) is 0. The molecule has 0 saturated carbocycles. The van der Waals surface area contributed by atoms with Gasteiger partial charge in [-0.05, 0) is 6.42 Å². The first kappa shape index (κ1) is 46.8. The quantitative estimate of drug-likeness (QED) is 0.0681. The average molecular weight is 707 g/mol. The maximum absolute atomic E-state index is 5.56. The molecule has 0 aliphatic carbocycles. The minimum absolute atomic E-state index is 0.498. The van der Waals surface area contributed by atoms with Crippen LogP contribution in [0.5, 0.6) is 0 Å². The lowest BCUT2D eigenvalue weighted by atomic mass is 10.2. The van der Waals surface area contributed by atoms with Crippen molar-refractivity contribution in [2.75, 3.05) is 178 Å². The molecule has 13 nitrogen and oxygen atoms in total. The highest BCUT2D eigenvalue weighted by Crippen LogP contribution is 2.02. The Bertz CT molecular complexity index is 497. The van der Waals surface area contributed by atoms with Crippen LogP contribution in [-0.4, -0.2) is 178 Å². The summed E-state index contributed by atoms with van der Waals surface area (Å²) < 4.78 is 70.9. The molecule has 0 amide bonds. The summed E-state index contributed by atoms with van der Waals surface area (Å²) in [7, 11) is 0. The molecule has 47 heavy (non-hydrogen) atoms. The fraction of sp³-hybridized carbons (Fsp3) is 1.00. The maximum atomic E-state index is 5.56. The Kier molecular flexibility index (Phi) is 45.5. The first-order valence-electron chi connectivity index (χ1n) is 17.5. The van der Waals surface area contributed by atoms with Crippen LogP contribution in [0.4, 0.5) is 0 Å². The predicted molar refractivity (Wildman–Crippen MR) is 180 cm³/mol. The molecule has 0 bridgehead atoms. The van der Waals surface area contributed by atoms with E-state index in [1.165, 1.54) is 25.7 Å². The second-order valence-corrected chi connectivity index (χ2v) is 10.4. The lowest BCUT2D eigenvalue weighted by Crippen LogP contribution is -2.15. The van der Waals surface area contributed by atoms with Gasteiger partial charge in [-0.15, -0.1) is 11.6 Å². The van der Waals surface area contributed by atoms with Gasteiger partial charge in [-0.3, -0.25) is 0 Å². The van der Waals surface area contributed by atoms with Crippen LogP contribution in [0.3, 0.4) is 0 Å². The van der Waals surface area contributed by atoms with Crippen LogP contribution < -0.4 is 0 Å². The number of ether oxygens (including phenoxy) is 13. The van der Waals surface area contributed by atoms with Crippen LogP contribution in [0.2, 0.25) is 0 Å². The minimum Gasteiger partial charge on any atom is -0.379 e. The molecule has 14 heteroatoms. The van der Waals surface area contributed by atoms with Crippen molar-refractivity contribution in [3.63, 3.8) is 0 Å². The van der Waals surface area contributed by atoms with Crippen LogP contribution in [0.15, 0.2) is 0 Å². The summed E-state index contributed by atoms with van der Waals surface area (Å²) in [6, 6.07) is 0. The lowest BCUT2D eigenvalue weighted by molar-refractivity contribution is -0.0289. The SMILES string of the molecule is CCCCCCCOCCOCCOCCOCCOCCOCCOCCOCCOCCOCCOCCOCCOCCCl.